The summed E-state index contributed by atoms with van der Waals surface area (Å²) in [6.07, 6.45) is 3.76. The molecule has 2 heterocycles. The molecule has 1 aromatic rings. The van der Waals surface area contributed by atoms with Gasteiger partial charge in [0.15, 0.2) is 0 Å². The van der Waals surface area contributed by atoms with E-state index in [2.05, 4.69) is 22.5 Å². The van der Waals surface area contributed by atoms with Crippen LogP contribution in [0.4, 0.5) is 0 Å². The van der Waals surface area contributed by atoms with E-state index in [0.29, 0.717) is 18.4 Å². The summed E-state index contributed by atoms with van der Waals surface area (Å²) >= 11 is 0. The number of carbonyl (C=O) groups is 1. The first kappa shape index (κ1) is 17.7. The monoisotopic (exact) mass is 319 g/mol. The third kappa shape index (κ3) is 4.67. The molecule has 23 heavy (non-hydrogen) atoms. The Labute approximate surface area is 139 Å². The number of rotatable bonds is 6. The molecule has 1 fully saturated rings. The lowest BCUT2D eigenvalue weighted by Crippen LogP contribution is -2.53. The zero-order valence-corrected chi connectivity index (χ0v) is 14.7. The molecule has 5 heteroatoms. The normalized spacial score (nSPS) is 21.7. The third-order valence-corrected chi connectivity index (χ3v) is 4.59. The number of amides is 1. The molecule has 0 radical (unpaired) electrons. The average molecular weight is 319 g/mol. The molecule has 128 valence electrons. The maximum Gasteiger partial charge on any atom is 0.229 e. The fourth-order valence-electron chi connectivity index (χ4n) is 2.84. The highest BCUT2D eigenvalue weighted by atomic mass is 16.5. The SMILES string of the molecule is CCC1CNCCC1NC(=O)C(C)(C)COc1ncccc1C. The Kier molecular flexibility index (Phi) is 5.99. The van der Waals surface area contributed by atoms with Crippen LogP contribution in [-0.2, 0) is 4.79 Å². The van der Waals surface area contributed by atoms with Gasteiger partial charge in [0.05, 0.1) is 5.41 Å². The Balaban J connectivity index is 1.92. The molecular formula is C18H29N3O2. The van der Waals surface area contributed by atoms with Crippen molar-refractivity contribution >= 4 is 5.91 Å². The standard InChI is InChI=1S/C18H29N3O2/c1-5-14-11-19-10-8-15(14)21-17(22)18(3,4)12-23-16-13(2)7-6-9-20-16/h6-7,9,14-15,19H,5,8,10-12H2,1-4H3,(H,21,22). The number of nitrogens with one attached hydrogen (secondary N) is 2. The molecule has 1 saturated heterocycles. The van der Waals surface area contributed by atoms with Crippen molar-refractivity contribution in [1.29, 1.82) is 0 Å². The van der Waals surface area contributed by atoms with Gasteiger partial charge >= 0.3 is 0 Å². The Morgan fingerprint density at radius 1 is 1.52 bits per heavy atom. The van der Waals surface area contributed by atoms with Crippen molar-refractivity contribution in [3.63, 3.8) is 0 Å². The van der Waals surface area contributed by atoms with Crippen LogP contribution in [0, 0.1) is 18.3 Å². The molecule has 0 aromatic carbocycles. The minimum Gasteiger partial charge on any atom is -0.476 e. The highest BCUT2D eigenvalue weighted by Crippen LogP contribution is 2.22. The van der Waals surface area contributed by atoms with Crippen molar-refractivity contribution in [3.05, 3.63) is 23.9 Å². The quantitative estimate of drug-likeness (QED) is 0.844. The fraction of sp³-hybridized carbons (Fsp3) is 0.667. The summed E-state index contributed by atoms with van der Waals surface area (Å²) in [7, 11) is 0. The lowest BCUT2D eigenvalue weighted by Gasteiger charge is -2.34. The second kappa shape index (κ2) is 7.77. The van der Waals surface area contributed by atoms with Gasteiger partial charge in [0, 0.05) is 17.8 Å². The molecule has 0 spiro atoms. The second-order valence-electron chi connectivity index (χ2n) is 7.04. The molecule has 0 saturated carbocycles. The first-order valence-electron chi connectivity index (χ1n) is 8.50. The van der Waals surface area contributed by atoms with Gasteiger partial charge in [-0.25, -0.2) is 4.98 Å². The van der Waals surface area contributed by atoms with Gasteiger partial charge in [-0.3, -0.25) is 4.79 Å². The van der Waals surface area contributed by atoms with Crippen molar-refractivity contribution in [2.75, 3.05) is 19.7 Å². The zero-order valence-electron chi connectivity index (χ0n) is 14.7. The minimum absolute atomic E-state index is 0.0523. The van der Waals surface area contributed by atoms with Crippen LogP contribution in [0.2, 0.25) is 0 Å². The van der Waals surface area contributed by atoms with Crippen LogP contribution in [0.3, 0.4) is 0 Å². The predicted octanol–water partition coefficient (Wildman–Crippen LogP) is 2.30. The van der Waals surface area contributed by atoms with Gasteiger partial charge in [0.1, 0.15) is 6.61 Å². The number of nitrogens with zero attached hydrogens (tertiary/aromatic N) is 1. The molecule has 2 N–H and O–H groups in total. The molecule has 0 bridgehead atoms. The number of aryl methyl sites for hydroxylation is 1. The van der Waals surface area contributed by atoms with Gasteiger partial charge in [-0.1, -0.05) is 19.4 Å². The molecule has 1 amide bonds. The number of pyridine rings is 1. The Morgan fingerprint density at radius 3 is 3.00 bits per heavy atom. The summed E-state index contributed by atoms with van der Waals surface area (Å²) in [5, 5.41) is 6.63. The molecule has 1 aliphatic rings. The first-order chi connectivity index (χ1) is 10.9. The lowest BCUT2D eigenvalue weighted by molar-refractivity contribution is -0.132. The second-order valence-corrected chi connectivity index (χ2v) is 7.04. The molecule has 2 unspecified atom stereocenters. The van der Waals surface area contributed by atoms with Crippen LogP contribution in [-0.4, -0.2) is 36.6 Å². The average Bonchev–Trinajstić information content (AvgIpc) is 2.54. The van der Waals surface area contributed by atoms with Crippen molar-refractivity contribution in [3.8, 4) is 5.88 Å². The smallest absolute Gasteiger partial charge is 0.229 e. The van der Waals surface area contributed by atoms with Gasteiger partial charge in [-0.15, -0.1) is 0 Å². The number of piperidine rings is 1. The molecule has 1 aliphatic heterocycles. The van der Waals surface area contributed by atoms with Gasteiger partial charge < -0.3 is 15.4 Å². The summed E-state index contributed by atoms with van der Waals surface area (Å²) in [6, 6.07) is 4.09. The van der Waals surface area contributed by atoms with Crippen LogP contribution >= 0.6 is 0 Å². The minimum atomic E-state index is -0.590. The number of hydrogen-bond donors (Lipinski definition) is 2. The molecule has 2 rings (SSSR count). The van der Waals surface area contributed by atoms with Crippen LogP contribution < -0.4 is 15.4 Å². The van der Waals surface area contributed by atoms with Gasteiger partial charge in [0.2, 0.25) is 11.8 Å². The Bertz CT molecular complexity index is 531. The number of carbonyl (C=O) groups excluding carboxylic acids is 1. The number of aromatic nitrogens is 1. The summed E-state index contributed by atoms with van der Waals surface area (Å²) in [5.41, 5.74) is 0.390. The molecule has 0 aliphatic carbocycles. The van der Waals surface area contributed by atoms with E-state index in [0.717, 1.165) is 31.5 Å². The molecule has 1 aromatic heterocycles. The number of hydrogen-bond acceptors (Lipinski definition) is 4. The maximum atomic E-state index is 12.7. The van der Waals surface area contributed by atoms with Crippen LogP contribution in [0.15, 0.2) is 18.3 Å². The highest BCUT2D eigenvalue weighted by Gasteiger charge is 2.33. The summed E-state index contributed by atoms with van der Waals surface area (Å²) < 4.78 is 5.78. The van der Waals surface area contributed by atoms with E-state index in [9.17, 15) is 4.79 Å². The first-order valence-corrected chi connectivity index (χ1v) is 8.50. The molecule has 5 nitrogen and oxygen atoms in total. The summed E-state index contributed by atoms with van der Waals surface area (Å²) in [5.74, 6) is 1.15. The van der Waals surface area contributed by atoms with Crippen molar-refractivity contribution in [2.45, 2.75) is 46.6 Å². The Morgan fingerprint density at radius 2 is 2.30 bits per heavy atom. The number of ether oxygens (including phenoxy) is 1. The van der Waals surface area contributed by atoms with Crippen molar-refractivity contribution in [1.82, 2.24) is 15.6 Å². The van der Waals surface area contributed by atoms with Crippen LogP contribution in [0.1, 0.15) is 39.2 Å². The molecular weight excluding hydrogens is 290 g/mol. The van der Waals surface area contributed by atoms with Crippen LogP contribution in [0.25, 0.3) is 0 Å². The van der Waals surface area contributed by atoms with E-state index in [1.807, 2.05) is 32.9 Å². The van der Waals surface area contributed by atoms with Gasteiger partial charge in [-0.05, 0) is 52.3 Å². The largest absolute Gasteiger partial charge is 0.476 e. The van der Waals surface area contributed by atoms with E-state index in [4.69, 9.17) is 4.74 Å². The van der Waals surface area contributed by atoms with E-state index < -0.39 is 5.41 Å². The highest BCUT2D eigenvalue weighted by molar-refractivity contribution is 5.82. The van der Waals surface area contributed by atoms with Crippen molar-refractivity contribution in [2.24, 2.45) is 11.3 Å². The van der Waals surface area contributed by atoms with E-state index in [1.54, 1.807) is 6.20 Å². The van der Waals surface area contributed by atoms with Gasteiger partial charge in [0.25, 0.3) is 0 Å². The third-order valence-electron chi connectivity index (χ3n) is 4.59. The van der Waals surface area contributed by atoms with E-state index >= 15 is 0 Å². The van der Waals surface area contributed by atoms with Crippen LogP contribution in [0.5, 0.6) is 5.88 Å². The topological polar surface area (TPSA) is 63.2 Å². The van der Waals surface area contributed by atoms with E-state index in [1.165, 1.54) is 0 Å². The maximum absolute atomic E-state index is 12.7. The zero-order chi connectivity index (χ0) is 16.9. The van der Waals surface area contributed by atoms with Crippen molar-refractivity contribution < 1.29 is 9.53 Å². The molecule has 2 atom stereocenters. The predicted molar refractivity (Wildman–Crippen MR) is 91.4 cm³/mol. The fourth-order valence-corrected chi connectivity index (χ4v) is 2.84. The lowest BCUT2D eigenvalue weighted by atomic mass is 9.88. The summed E-state index contributed by atoms with van der Waals surface area (Å²) in [6.45, 7) is 10.2. The summed E-state index contributed by atoms with van der Waals surface area (Å²) in [4.78, 5) is 16.9. The Hall–Kier alpha value is -1.62. The van der Waals surface area contributed by atoms with E-state index in [-0.39, 0.29) is 11.9 Å². The van der Waals surface area contributed by atoms with Gasteiger partial charge in [-0.2, -0.15) is 0 Å².